The highest BCUT2D eigenvalue weighted by Gasteiger charge is 2.33. The Morgan fingerprint density at radius 3 is 1.93 bits per heavy atom. The molecule has 4 aliphatic heterocycles. The van der Waals surface area contributed by atoms with Gasteiger partial charge in [0.1, 0.15) is 11.3 Å². The number of rotatable bonds is 0. The number of H-pyrrole nitrogens is 1. The van der Waals surface area contributed by atoms with Crippen molar-refractivity contribution in [2.45, 2.75) is 12.5 Å². The highest BCUT2D eigenvalue weighted by Crippen LogP contribution is 2.32. The number of hydrogen-bond donors (Lipinski definition) is 2. The van der Waals surface area contributed by atoms with Crippen LogP contribution in [0.1, 0.15) is 28.7 Å². The molecule has 41 heavy (non-hydrogen) atoms. The molecule has 0 saturated heterocycles. The van der Waals surface area contributed by atoms with Gasteiger partial charge in [-0.2, -0.15) is 0 Å². The van der Waals surface area contributed by atoms with Crippen LogP contribution in [0.3, 0.4) is 0 Å². The van der Waals surface area contributed by atoms with E-state index in [1.807, 2.05) is 54.6 Å². The molecule has 2 atom stereocenters. The maximum absolute atomic E-state index is 5.09. The van der Waals surface area contributed by atoms with Gasteiger partial charge in [-0.1, -0.05) is 96.8 Å². The predicted molar refractivity (Wildman–Crippen MR) is 162 cm³/mol. The van der Waals surface area contributed by atoms with Gasteiger partial charge < -0.3 is 10.3 Å². The number of nitrogens with zero attached hydrogens (tertiary/aromatic N) is 5. The van der Waals surface area contributed by atoms with Crippen LogP contribution >= 0.6 is 0 Å². The summed E-state index contributed by atoms with van der Waals surface area (Å²) in [7, 11) is 0. The Morgan fingerprint density at radius 1 is 0.659 bits per heavy atom. The summed E-state index contributed by atoms with van der Waals surface area (Å²) < 4.78 is 0. The maximum Gasteiger partial charge on any atom is 0.164 e. The highest BCUT2D eigenvalue weighted by molar-refractivity contribution is 6.29. The van der Waals surface area contributed by atoms with E-state index in [0.29, 0.717) is 23.3 Å². The second kappa shape index (κ2) is 8.44. The van der Waals surface area contributed by atoms with E-state index < -0.39 is 0 Å². The summed E-state index contributed by atoms with van der Waals surface area (Å²) in [5.41, 5.74) is 5.47. The van der Waals surface area contributed by atoms with Crippen molar-refractivity contribution in [2.75, 3.05) is 0 Å². The molecule has 2 N–H and O–H groups in total. The third-order valence-electron chi connectivity index (χ3n) is 8.03. The van der Waals surface area contributed by atoms with Crippen molar-refractivity contribution in [3.8, 4) is 11.8 Å². The first-order valence-electron chi connectivity index (χ1n) is 13.7. The van der Waals surface area contributed by atoms with Gasteiger partial charge in [-0.3, -0.25) is 0 Å². The minimum absolute atomic E-state index is 0.0509. The van der Waals surface area contributed by atoms with Crippen LogP contribution < -0.4 is 16.2 Å². The number of aliphatic imine (C=N–C) groups is 4. The van der Waals surface area contributed by atoms with Crippen molar-refractivity contribution in [2.24, 2.45) is 30.9 Å². The molecule has 8 bridgehead atoms. The van der Waals surface area contributed by atoms with Gasteiger partial charge in [0, 0.05) is 50.7 Å². The molecule has 9 rings (SSSR count). The fourth-order valence-electron chi connectivity index (χ4n) is 6.11. The zero-order valence-electron chi connectivity index (χ0n) is 21.8. The number of nitrogens with one attached hydrogen (secondary N) is 2. The van der Waals surface area contributed by atoms with Crippen LogP contribution in [0.15, 0.2) is 121 Å². The van der Waals surface area contributed by atoms with Crippen LogP contribution in [0.4, 0.5) is 0 Å². The SMILES string of the molecule is C1#CC2=C3N=C4N=C(N=C5N=C(N=c6[nH]/c(c7ccccc67)=C\C(N3)C2C=CC1)c1ccccc15)c1ccccc14. The van der Waals surface area contributed by atoms with E-state index in [0.717, 1.165) is 61.7 Å². The Labute approximate surface area is 234 Å². The van der Waals surface area contributed by atoms with Gasteiger partial charge in [-0.15, -0.1) is 0 Å². The second-order valence-corrected chi connectivity index (χ2v) is 10.4. The van der Waals surface area contributed by atoms with E-state index in [1.54, 1.807) is 0 Å². The van der Waals surface area contributed by atoms with E-state index in [2.05, 4.69) is 58.6 Å². The molecule has 3 aromatic carbocycles. The van der Waals surface area contributed by atoms with Crippen LogP contribution in [-0.4, -0.2) is 34.4 Å². The Morgan fingerprint density at radius 2 is 1.24 bits per heavy atom. The average molecular weight is 528 g/mol. The molecular weight excluding hydrogens is 506 g/mol. The maximum atomic E-state index is 5.09. The highest BCUT2D eigenvalue weighted by atomic mass is 15.1. The van der Waals surface area contributed by atoms with Crippen molar-refractivity contribution >= 4 is 40.2 Å². The molecular formula is C34H21N7. The van der Waals surface area contributed by atoms with Crippen LogP contribution in [0, 0.1) is 17.8 Å². The van der Waals surface area contributed by atoms with E-state index >= 15 is 0 Å². The number of aromatic amines is 1. The molecule has 192 valence electrons. The smallest absolute Gasteiger partial charge is 0.164 e. The third kappa shape index (κ3) is 3.38. The summed E-state index contributed by atoms with van der Waals surface area (Å²) in [6.45, 7) is 0. The molecule has 0 amide bonds. The summed E-state index contributed by atoms with van der Waals surface area (Å²) in [6.07, 6.45) is 7.32. The molecule has 0 spiro atoms. The average Bonchev–Trinajstić information content (AvgIpc) is 3.67. The van der Waals surface area contributed by atoms with Crippen LogP contribution in [-0.2, 0) is 0 Å². The number of amidine groups is 4. The zero-order chi connectivity index (χ0) is 26.9. The fraction of sp³-hybridized carbons (Fsp3) is 0.0882. The van der Waals surface area contributed by atoms with E-state index in [9.17, 15) is 0 Å². The lowest BCUT2D eigenvalue weighted by molar-refractivity contribution is 0.661. The monoisotopic (exact) mass is 527 g/mol. The lowest BCUT2D eigenvalue weighted by atomic mass is 9.94. The van der Waals surface area contributed by atoms with Crippen molar-refractivity contribution < 1.29 is 0 Å². The summed E-state index contributed by atoms with van der Waals surface area (Å²) >= 11 is 0. The number of fused-ring (bicyclic) bond motifs is 17. The molecule has 5 aliphatic rings. The Bertz CT molecular complexity index is 2230. The Hall–Kier alpha value is -5.61. The fourth-order valence-corrected chi connectivity index (χ4v) is 6.11. The summed E-state index contributed by atoms with van der Waals surface area (Å²) in [4.78, 5) is 28.6. The predicted octanol–water partition coefficient (Wildman–Crippen LogP) is 3.76. The molecule has 7 nitrogen and oxygen atoms in total. The summed E-state index contributed by atoms with van der Waals surface area (Å²) in [6, 6.07) is 24.4. The van der Waals surface area contributed by atoms with Gasteiger partial charge in [0.2, 0.25) is 0 Å². The van der Waals surface area contributed by atoms with E-state index in [4.69, 9.17) is 25.0 Å². The largest absolute Gasteiger partial charge is 0.362 e. The molecule has 1 aromatic heterocycles. The molecule has 0 saturated carbocycles. The van der Waals surface area contributed by atoms with Crippen molar-refractivity contribution in [3.63, 3.8) is 0 Å². The third-order valence-corrected chi connectivity index (χ3v) is 8.03. The van der Waals surface area contributed by atoms with Crippen molar-refractivity contribution in [1.29, 1.82) is 0 Å². The number of hydrogen-bond acceptors (Lipinski definition) is 6. The van der Waals surface area contributed by atoms with Gasteiger partial charge in [0.15, 0.2) is 23.3 Å². The molecule has 0 fully saturated rings. The summed E-state index contributed by atoms with van der Waals surface area (Å²) in [5, 5.41) is 6.80. The summed E-state index contributed by atoms with van der Waals surface area (Å²) in [5.74, 6) is 9.88. The van der Waals surface area contributed by atoms with Crippen molar-refractivity contribution in [3.05, 3.63) is 129 Å². The zero-order valence-corrected chi connectivity index (χ0v) is 21.8. The number of allylic oxidation sites excluding steroid dienone is 1. The molecule has 5 heterocycles. The van der Waals surface area contributed by atoms with Gasteiger partial charge in [-0.05, 0) is 6.08 Å². The van der Waals surface area contributed by atoms with E-state index in [-0.39, 0.29) is 12.0 Å². The van der Waals surface area contributed by atoms with Crippen LogP contribution in [0.5, 0.6) is 0 Å². The van der Waals surface area contributed by atoms with Gasteiger partial charge in [0.25, 0.3) is 0 Å². The topological polar surface area (TPSA) is 89.6 Å². The quantitative estimate of drug-likeness (QED) is 0.265. The first-order valence-corrected chi connectivity index (χ1v) is 13.7. The lowest BCUT2D eigenvalue weighted by Crippen LogP contribution is -2.28. The Kier molecular flexibility index (Phi) is 4.58. The molecule has 7 heteroatoms. The standard InChI is InChI=1S/C34H21N7/c1-2-10-19-21(12-3-1)29-35-27(19)18-28-20-11-4-5-13-22(20)30(36-28)38-32-24-15-7-9-17-26(24)34(40-32)41-33-25-16-8-6-14-23(25)31(37-29)39-33/h2,4-11,13-19,27,35H,1H2,(H,36,37,38,39,40,41)/b28-18-. The van der Waals surface area contributed by atoms with Gasteiger partial charge in [-0.25, -0.2) is 25.0 Å². The van der Waals surface area contributed by atoms with Crippen LogP contribution in [0.25, 0.3) is 16.8 Å². The van der Waals surface area contributed by atoms with Gasteiger partial charge >= 0.3 is 0 Å². The first-order chi connectivity index (χ1) is 20.3. The second-order valence-electron chi connectivity index (χ2n) is 10.4. The molecule has 2 unspecified atom stereocenters. The number of benzene rings is 3. The number of aromatic nitrogens is 1. The van der Waals surface area contributed by atoms with Gasteiger partial charge in [0.05, 0.1) is 11.6 Å². The molecule has 0 radical (unpaired) electrons. The minimum Gasteiger partial charge on any atom is -0.362 e. The normalized spacial score (nSPS) is 21.9. The minimum atomic E-state index is -0.0509. The lowest BCUT2D eigenvalue weighted by Gasteiger charge is -2.13. The molecule has 4 aromatic rings. The van der Waals surface area contributed by atoms with Crippen molar-refractivity contribution in [1.82, 2.24) is 10.3 Å². The first kappa shape index (κ1) is 22.2. The van der Waals surface area contributed by atoms with Crippen LogP contribution in [0.2, 0.25) is 0 Å². The molecule has 1 aliphatic carbocycles. The Balaban J connectivity index is 1.38. The van der Waals surface area contributed by atoms with E-state index in [1.165, 1.54) is 0 Å².